The van der Waals surface area contributed by atoms with Crippen LogP contribution in [0.25, 0.3) is 0 Å². The molecule has 1 aliphatic heterocycles. The molecular weight excluding hydrogens is 237 g/mol. The van der Waals surface area contributed by atoms with Crippen molar-refractivity contribution in [2.24, 2.45) is 5.92 Å². The van der Waals surface area contributed by atoms with Crippen LogP contribution in [-0.2, 0) is 4.74 Å². The highest BCUT2D eigenvalue weighted by molar-refractivity contribution is 5.96. The summed E-state index contributed by atoms with van der Waals surface area (Å²) >= 11 is 0. The Morgan fingerprint density at radius 2 is 2.39 bits per heavy atom. The lowest BCUT2D eigenvalue weighted by Crippen LogP contribution is -2.38. The van der Waals surface area contributed by atoms with E-state index in [-0.39, 0.29) is 23.3 Å². The summed E-state index contributed by atoms with van der Waals surface area (Å²) in [6.07, 6.45) is 0.899. The molecule has 1 saturated heterocycles. The fourth-order valence-electron chi connectivity index (χ4n) is 2.04. The first-order valence-electron chi connectivity index (χ1n) is 5.95. The van der Waals surface area contributed by atoms with Crippen molar-refractivity contribution < 1.29 is 19.0 Å². The number of benzene rings is 1. The zero-order valence-corrected chi connectivity index (χ0v) is 10.1. The molecule has 4 nitrogen and oxygen atoms in total. The van der Waals surface area contributed by atoms with Crippen molar-refractivity contribution in [3.63, 3.8) is 0 Å². The van der Waals surface area contributed by atoms with Crippen molar-refractivity contribution >= 4 is 5.91 Å². The van der Waals surface area contributed by atoms with Gasteiger partial charge < -0.3 is 15.2 Å². The summed E-state index contributed by atoms with van der Waals surface area (Å²) in [5.74, 6) is -0.963. The van der Waals surface area contributed by atoms with Gasteiger partial charge >= 0.3 is 0 Å². The van der Waals surface area contributed by atoms with Crippen molar-refractivity contribution in [3.8, 4) is 5.75 Å². The van der Waals surface area contributed by atoms with Gasteiger partial charge in [0.15, 0.2) is 0 Å². The van der Waals surface area contributed by atoms with E-state index in [1.54, 1.807) is 0 Å². The normalized spacial score (nSPS) is 20.7. The van der Waals surface area contributed by atoms with E-state index in [0.29, 0.717) is 13.2 Å². The van der Waals surface area contributed by atoms with Crippen LogP contribution in [0.5, 0.6) is 5.75 Å². The average molecular weight is 253 g/mol. The van der Waals surface area contributed by atoms with Gasteiger partial charge in [0, 0.05) is 18.6 Å². The third-order valence-corrected chi connectivity index (χ3v) is 3.23. The van der Waals surface area contributed by atoms with Crippen LogP contribution in [0.1, 0.15) is 23.7 Å². The average Bonchev–Trinajstić information content (AvgIpc) is 2.85. The molecular formula is C13H16FNO3. The molecule has 0 aliphatic carbocycles. The third-order valence-electron chi connectivity index (χ3n) is 3.23. The molecule has 2 atom stereocenters. The first kappa shape index (κ1) is 12.8. The lowest BCUT2D eigenvalue weighted by molar-refractivity contribution is 0.0919. The first-order valence-corrected chi connectivity index (χ1v) is 5.95. The van der Waals surface area contributed by atoms with E-state index in [0.717, 1.165) is 18.6 Å². The van der Waals surface area contributed by atoms with E-state index in [1.165, 1.54) is 6.07 Å². The Bertz CT molecular complexity index is 444. The molecule has 1 aliphatic rings. The number of ether oxygens (including phenoxy) is 1. The smallest absolute Gasteiger partial charge is 0.255 e. The van der Waals surface area contributed by atoms with Gasteiger partial charge in [0.1, 0.15) is 11.6 Å². The Balaban J connectivity index is 2.04. The maximum absolute atomic E-state index is 13.0. The van der Waals surface area contributed by atoms with Crippen LogP contribution in [0.4, 0.5) is 4.39 Å². The van der Waals surface area contributed by atoms with E-state index in [1.807, 2.05) is 6.92 Å². The Morgan fingerprint density at radius 3 is 3.06 bits per heavy atom. The monoisotopic (exact) mass is 253 g/mol. The number of carbonyl (C=O) groups is 1. The van der Waals surface area contributed by atoms with Gasteiger partial charge in [-0.05, 0) is 31.5 Å². The number of carbonyl (C=O) groups excluding carboxylic acids is 1. The second-order valence-corrected chi connectivity index (χ2v) is 4.55. The van der Waals surface area contributed by atoms with Gasteiger partial charge in [-0.15, -0.1) is 0 Å². The van der Waals surface area contributed by atoms with E-state index in [2.05, 4.69) is 5.32 Å². The highest BCUT2D eigenvalue weighted by Gasteiger charge is 2.24. The zero-order valence-electron chi connectivity index (χ0n) is 10.1. The van der Waals surface area contributed by atoms with Crippen LogP contribution in [0.3, 0.4) is 0 Å². The number of phenolic OH excluding ortho intramolecular Hbond substituents is 1. The zero-order chi connectivity index (χ0) is 13.1. The molecule has 5 heteroatoms. The summed E-state index contributed by atoms with van der Waals surface area (Å²) in [6, 6.07) is 3.25. The van der Waals surface area contributed by atoms with Crippen LogP contribution in [0.15, 0.2) is 18.2 Å². The molecule has 1 aromatic carbocycles. The van der Waals surface area contributed by atoms with E-state index in [9.17, 15) is 14.3 Å². The number of rotatable bonds is 3. The minimum atomic E-state index is -0.546. The van der Waals surface area contributed by atoms with Gasteiger partial charge in [-0.25, -0.2) is 4.39 Å². The molecule has 0 spiro atoms. The van der Waals surface area contributed by atoms with Crippen LogP contribution in [-0.4, -0.2) is 30.3 Å². The summed E-state index contributed by atoms with van der Waals surface area (Å²) in [4.78, 5) is 11.9. The standard InChI is InChI=1S/C13H16FNO3/c1-8(9-4-5-18-7-9)15-13(17)11-6-10(14)2-3-12(11)16/h2-3,6,8-9,16H,4-5,7H2,1H3,(H,15,17)/t8-,9+/m0/s1. The Labute approximate surface area is 105 Å². The summed E-state index contributed by atoms with van der Waals surface area (Å²) in [6.45, 7) is 3.21. The molecule has 2 rings (SSSR count). The number of nitrogens with one attached hydrogen (secondary N) is 1. The molecule has 98 valence electrons. The molecule has 2 N–H and O–H groups in total. The SMILES string of the molecule is C[C@H](NC(=O)c1cc(F)ccc1O)[C@@H]1CCOC1. The summed E-state index contributed by atoms with van der Waals surface area (Å²) in [5, 5.41) is 12.3. The second-order valence-electron chi connectivity index (χ2n) is 4.55. The van der Waals surface area contributed by atoms with E-state index in [4.69, 9.17) is 4.74 Å². The minimum absolute atomic E-state index is 0.0410. The van der Waals surface area contributed by atoms with E-state index >= 15 is 0 Å². The van der Waals surface area contributed by atoms with Crippen molar-refractivity contribution in [1.82, 2.24) is 5.32 Å². The Kier molecular flexibility index (Phi) is 3.81. The molecule has 0 unspecified atom stereocenters. The fraction of sp³-hybridized carbons (Fsp3) is 0.462. The Hall–Kier alpha value is -1.62. The third kappa shape index (κ3) is 2.79. The number of aromatic hydroxyl groups is 1. The number of amides is 1. The van der Waals surface area contributed by atoms with E-state index < -0.39 is 11.7 Å². The topological polar surface area (TPSA) is 58.6 Å². The lowest BCUT2D eigenvalue weighted by atomic mass is 10.0. The maximum Gasteiger partial charge on any atom is 0.255 e. The molecule has 0 saturated carbocycles. The van der Waals surface area contributed by atoms with Gasteiger partial charge in [-0.1, -0.05) is 0 Å². The number of hydrogen-bond acceptors (Lipinski definition) is 3. The maximum atomic E-state index is 13.0. The lowest BCUT2D eigenvalue weighted by Gasteiger charge is -2.19. The number of phenols is 1. The predicted octanol–water partition coefficient (Wildman–Crippen LogP) is 1.69. The second kappa shape index (κ2) is 5.35. The predicted molar refractivity (Wildman–Crippen MR) is 63.9 cm³/mol. The Morgan fingerprint density at radius 1 is 1.61 bits per heavy atom. The van der Waals surface area contributed by atoms with Gasteiger partial charge in [0.2, 0.25) is 0 Å². The van der Waals surface area contributed by atoms with Crippen molar-refractivity contribution in [2.75, 3.05) is 13.2 Å². The van der Waals surface area contributed by atoms with Crippen LogP contribution in [0, 0.1) is 11.7 Å². The van der Waals surface area contributed by atoms with Crippen molar-refractivity contribution in [3.05, 3.63) is 29.6 Å². The van der Waals surface area contributed by atoms with Crippen LogP contribution in [0.2, 0.25) is 0 Å². The first-order chi connectivity index (χ1) is 8.58. The highest BCUT2D eigenvalue weighted by Crippen LogP contribution is 2.20. The largest absolute Gasteiger partial charge is 0.507 e. The van der Waals surface area contributed by atoms with Gasteiger partial charge in [0.25, 0.3) is 5.91 Å². The fourth-order valence-corrected chi connectivity index (χ4v) is 2.04. The molecule has 0 aromatic heterocycles. The number of halogens is 1. The van der Waals surface area contributed by atoms with Gasteiger partial charge in [-0.3, -0.25) is 4.79 Å². The van der Waals surface area contributed by atoms with Crippen molar-refractivity contribution in [2.45, 2.75) is 19.4 Å². The molecule has 18 heavy (non-hydrogen) atoms. The number of hydrogen-bond donors (Lipinski definition) is 2. The minimum Gasteiger partial charge on any atom is -0.507 e. The molecule has 1 aromatic rings. The van der Waals surface area contributed by atoms with Gasteiger partial charge in [-0.2, -0.15) is 0 Å². The van der Waals surface area contributed by atoms with Crippen molar-refractivity contribution in [1.29, 1.82) is 0 Å². The quantitative estimate of drug-likeness (QED) is 0.861. The van der Waals surface area contributed by atoms with Gasteiger partial charge in [0.05, 0.1) is 12.2 Å². The molecule has 1 fully saturated rings. The van der Waals surface area contributed by atoms with Crippen LogP contribution >= 0.6 is 0 Å². The molecule has 1 heterocycles. The summed E-state index contributed by atoms with van der Waals surface area (Å²) < 4.78 is 18.3. The molecule has 0 bridgehead atoms. The molecule has 1 amide bonds. The van der Waals surface area contributed by atoms with Crippen LogP contribution < -0.4 is 5.32 Å². The molecule has 0 radical (unpaired) electrons. The highest BCUT2D eigenvalue weighted by atomic mass is 19.1. The summed E-state index contributed by atoms with van der Waals surface area (Å²) in [5.41, 5.74) is -0.0410. The summed E-state index contributed by atoms with van der Waals surface area (Å²) in [7, 11) is 0.